The van der Waals surface area contributed by atoms with Crippen LogP contribution < -0.4 is 14.8 Å². The van der Waals surface area contributed by atoms with Gasteiger partial charge in [-0.25, -0.2) is 0 Å². The van der Waals surface area contributed by atoms with E-state index in [1.165, 1.54) is 13.2 Å². The van der Waals surface area contributed by atoms with E-state index in [-0.39, 0.29) is 18.6 Å². The second-order valence-electron chi connectivity index (χ2n) is 6.42. The Balaban J connectivity index is 1.66. The monoisotopic (exact) mass is 362 g/mol. The zero-order valence-electron chi connectivity index (χ0n) is 15.2. The maximum atomic E-state index is 12.4. The van der Waals surface area contributed by atoms with Crippen LogP contribution in [-0.4, -0.2) is 19.6 Å². The first-order chi connectivity index (χ1) is 13.2. The minimum Gasteiger partial charge on any atom is -0.493 e. The first kappa shape index (κ1) is 18.5. The van der Waals surface area contributed by atoms with E-state index in [0.29, 0.717) is 17.4 Å². The van der Waals surface area contributed by atoms with Crippen LogP contribution in [0.2, 0.25) is 0 Å². The summed E-state index contributed by atoms with van der Waals surface area (Å²) in [5.41, 5.74) is 1.96. The van der Waals surface area contributed by atoms with Gasteiger partial charge in [0.2, 0.25) is 5.91 Å². The van der Waals surface area contributed by atoms with E-state index >= 15 is 0 Å². The highest BCUT2D eigenvalue weighted by atomic mass is 16.5. The number of nitriles is 1. The highest BCUT2D eigenvalue weighted by Crippen LogP contribution is 2.40. The Kier molecular flexibility index (Phi) is 6.11. The molecule has 0 aliphatic heterocycles. The number of amides is 1. The minimum absolute atomic E-state index is 0.0456. The fourth-order valence-corrected chi connectivity index (χ4v) is 2.95. The molecule has 2 aromatic rings. The van der Waals surface area contributed by atoms with Crippen molar-refractivity contribution in [1.29, 1.82) is 5.26 Å². The van der Waals surface area contributed by atoms with Crippen LogP contribution in [0.3, 0.4) is 0 Å². The Morgan fingerprint density at radius 1 is 1.26 bits per heavy atom. The van der Waals surface area contributed by atoms with Crippen LogP contribution in [-0.2, 0) is 4.79 Å². The van der Waals surface area contributed by atoms with E-state index in [2.05, 4.69) is 17.4 Å². The SMILES string of the molecule is COc1cc(/C=C/C(=O)NC(c2ccccc2)C2CC2)ccc1OCC#N. The Bertz CT molecular complexity index is 852. The van der Waals surface area contributed by atoms with Crippen molar-refractivity contribution in [3.8, 4) is 17.6 Å². The smallest absolute Gasteiger partial charge is 0.244 e. The summed E-state index contributed by atoms with van der Waals surface area (Å²) in [6.07, 6.45) is 5.56. The Morgan fingerprint density at radius 3 is 2.70 bits per heavy atom. The molecule has 5 heteroatoms. The van der Waals surface area contributed by atoms with Gasteiger partial charge in [0, 0.05) is 6.08 Å². The second-order valence-corrected chi connectivity index (χ2v) is 6.42. The van der Waals surface area contributed by atoms with Crippen molar-refractivity contribution in [3.05, 3.63) is 65.7 Å². The van der Waals surface area contributed by atoms with Gasteiger partial charge in [-0.2, -0.15) is 5.26 Å². The molecule has 1 saturated carbocycles. The van der Waals surface area contributed by atoms with Crippen LogP contribution in [0.25, 0.3) is 6.08 Å². The topological polar surface area (TPSA) is 71.3 Å². The molecular formula is C22H22N2O3. The highest BCUT2D eigenvalue weighted by molar-refractivity contribution is 5.92. The third-order valence-corrected chi connectivity index (χ3v) is 4.46. The summed E-state index contributed by atoms with van der Waals surface area (Å²) in [5, 5.41) is 11.7. The van der Waals surface area contributed by atoms with Gasteiger partial charge in [0.15, 0.2) is 18.1 Å². The first-order valence-corrected chi connectivity index (χ1v) is 8.92. The van der Waals surface area contributed by atoms with Gasteiger partial charge in [0.1, 0.15) is 6.07 Å². The molecule has 1 atom stereocenters. The molecule has 0 spiro atoms. The minimum atomic E-state index is -0.125. The highest BCUT2D eigenvalue weighted by Gasteiger charge is 2.32. The number of hydrogen-bond donors (Lipinski definition) is 1. The van der Waals surface area contributed by atoms with Crippen molar-refractivity contribution in [2.75, 3.05) is 13.7 Å². The maximum absolute atomic E-state index is 12.4. The summed E-state index contributed by atoms with van der Waals surface area (Å²) in [6, 6.07) is 17.4. The predicted molar refractivity (Wildman–Crippen MR) is 103 cm³/mol. The van der Waals surface area contributed by atoms with E-state index in [4.69, 9.17) is 14.7 Å². The Morgan fingerprint density at radius 2 is 2.04 bits per heavy atom. The molecule has 0 heterocycles. The van der Waals surface area contributed by atoms with E-state index in [0.717, 1.165) is 24.0 Å². The summed E-state index contributed by atoms with van der Waals surface area (Å²) in [4.78, 5) is 12.4. The van der Waals surface area contributed by atoms with Gasteiger partial charge in [0.25, 0.3) is 0 Å². The molecular weight excluding hydrogens is 340 g/mol. The predicted octanol–water partition coefficient (Wildman–Crippen LogP) is 3.88. The largest absolute Gasteiger partial charge is 0.493 e. The molecule has 1 aliphatic rings. The van der Waals surface area contributed by atoms with Crippen LogP contribution in [0, 0.1) is 17.2 Å². The van der Waals surface area contributed by atoms with Crippen LogP contribution in [0.5, 0.6) is 11.5 Å². The fraction of sp³-hybridized carbons (Fsp3) is 0.273. The lowest BCUT2D eigenvalue weighted by Crippen LogP contribution is -2.28. The molecule has 1 N–H and O–H groups in total. The van der Waals surface area contributed by atoms with E-state index in [9.17, 15) is 4.79 Å². The molecule has 138 valence electrons. The summed E-state index contributed by atoms with van der Waals surface area (Å²) < 4.78 is 10.6. The Labute approximate surface area is 159 Å². The van der Waals surface area contributed by atoms with Gasteiger partial charge in [-0.1, -0.05) is 36.4 Å². The zero-order valence-corrected chi connectivity index (χ0v) is 15.2. The van der Waals surface area contributed by atoms with E-state index in [1.54, 1.807) is 18.2 Å². The van der Waals surface area contributed by atoms with Gasteiger partial charge in [-0.05, 0) is 48.1 Å². The molecule has 1 amide bonds. The number of rotatable bonds is 8. The number of nitrogens with zero attached hydrogens (tertiary/aromatic N) is 1. The molecule has 2 aromatic carbocycles. The molecule has 0 bridgehead atoms. The molecule has 27 heavy (non-hydrogen) atoms. The number of carbonyl (C=O) groups is 1. The summed E-state index contributed by atoms with van der Waals surface area (Å²) in [6.45, 7) is -0.0456. The van der Waals surface area contributed by atoms with Crippen molar-refractivity contribution >= 4 is 12.0 Å². The lowest BCUT2D eigenvalue weighted by Gasteiger charge is -2.17. The molecule has 1 aliphatic carbocycles. The molecule has 1 unspecified atom stereocenters. The van der Waals surface area contributed by atoms with Crippen molar-refractivity contribution < 1.29 is 14.3 Å². The fourth-order valence-electron chi connectivity index (χ4n) is 2.95. The van der Waals surface area contributed by atoms with Gasteiger partial charge < -0.3 is 14.8 Å². The number of nitrogens with one attached hydrogen (secondary N) is 1. The van der Waals surface area contributed by atoms with Crippen LogP contribution in [0.1, 0.15) is 30.0 Å². The summed E-state index contributed by atoms with van der Waals surface area (Å²) >= 11 is 0. The van der Waals surface area contributed by atoms with Crippen molar-refractivity contribution in [1.82, 2.24) is 5.32 Å². The standard InChI is InChI=1S/C22H22N2O3/c1-26-20-15-16(7-11-19(20)27-14-13-23)8-12-21(25)24-22(18-9-10-18)17-5-3-2-4-6-17/h2-8,11-12,15,18,22H,9-10,14H2,1H3,(H,24,25)/b12-8+. The maximum Gasteiger partial charge on any atom is 0.244 e. The quantitative estimate of drug-likeness (QED) is 0.724. The second kappa shape index (κ2) is 8.91. The van der Waals surface area contributed by atoms with Crippen molar-refractivity contribution in [3.63, 3.8) is 0 Å². The normalized spacial score (nSPS) is 14.4. The summed E-state index contributed by atoms with van der Waals surface area (Å²) in [7, 11) is 1.54. The number of methoxy groups -OCH3 is 1. The average molecular weight is 362 g/mol. The lowest BCUT2D eigenvalue weighted by atomic mass is 10.0. The van der Waals surface area contributed by atoms with E-state index < -0.39 is 0 Å². The van der Waals surface area contributed by atoms with Crippen LogP contribution in [0.4, 0.5) is 0 Å². The number of ether oxygens (including phenoxy) is 2. The average Bonchev–Trinajstić information content (AvgIpc) is 3.55. The van der Waals surface area contributed by atoms with Crippen LogP contribution in [0.15, 0.2) is 54.6 Å². The number of carbonyl (C=O) groups excluding carboxylic acids is 1. The molecule has 3 rings (SSSR count). The van der Waals surface area contributed by atoms with Crippen LogP contribution >= 0.6 is 0 Å². The zero-order chi connectivity index (χ0) is 19.1. The lowest BCUT2D eigenvalue weighted by molar-refractivity contribution is -0.117. The number of benzene rings is 2. The van der Waals surface area contributed by atoms with Crippen molar-refractivity contribution in [2.45, 2.75) is 18.9 Å². The van der Waals surface area contributed by atoms with Gasteiger partial charge in [-0.15, -0.1) is 0 Å². The van der Waals surface area contributed by atoms with Gasteiger partial charge >= 0.3 is 0 Å². The van der Waals surface area contributed by atoms with Gasteiger partial charge in [-0.3, -0.25) is 4.79 Å². The third-order valence-electron chi connectivity index (χ3n) is 4.46. The van der Waals surface area contributed by atoms with E-state index in [1.807, 2.05) is 30.3 Å². The number of hydrogen-bond acceptors (Lipinski definition) is 4. The van der Waals surface area contributed by atoms with Crippen molar-refractivity contribution in [2.24, 2.45) is 5.92 Å². The molecule has 1 fully saturated rings. The Hall–Kier alpha value is -3.26. The molecule has 0 radical (unpaired) electrons. The molecule has 0 saturated heterocycles. The molecule has 5 nitrogen and oxygen atoms in total. The summed E-state index contributed by atoms with van der Waals surface area (Å²) in [5.74, 6) is 1.41. The first-order valence-electron chi connectivity index (χ1n) is 8.92. The van der Waals surface area contributed by atoms with Gasteiger partial charge in [0.05, 0.1) is 13.2 Å². The third kappa shape index (κ3) is 5.11. The molecule has 0 aromatic heterocycles.